The van der Waals surface area contributed by atoms with E-state index in [4.69, 9.17) is 10.8 Å². The number of aromatic carboxylic acids is 1. The normalized spacial score (nSPS) is 14.3. The van der Waals surface area contributed by atoms with Gasteiger partial charge in [-0.15, -0.1) is 0 Å². The molecule has 0 saturated heterocycles. The minimum Gasteiger partial charge on any atom is -0.476 e. The number of nitrogens with two attached hydrogens (primary N) is 1. The van der Waals surface area contributed by atoms with Crippen LogP contribution in [-0.4, -0.2) is 36.7 Å². The molecule has 1 unspecified atom stereocenters. The van der Waals surface area contributed by atoms with E-state index in [1.54, 1.807) is 6.92 Å². The molecule has 0 saturated carbocycles. The number of hydrogen-bond donors (Lipinski definition) is 3. The van der Waals surface area contributed by atoms with Gasteiger partial charge in [-0.1, -0.05) is 12.1 Å². The molecule has 27 heavy (non-hydrogen) atoms. The number of alkyl halides is 3. The first kappa shape index (κ1) is 18.6. The Labute approximate surface area is 150 Å². The highest BCUT2D eigenvalue weighted by Gasteiger charge is 2.51. The van der Waals surface area contributed by atoms with Crippen molar-refractivity contribution < 1.29 is 28.2 Å². The van der Waals surface area contributed by atoms with Crippen LogP contribution in [0.15, 0.2) is 30.6 Å². The van der Waals surface area contributed by atoms with Gasteiger partial charge >= 0.3 is 12.1 Å². The Morgan fingerprint density at radius 1 is 1.30 bits per heavy atom. The molecule has 3 rings (SSSR count). The predicted octanol–water partition coefficient (Wildman–Crippen LogP) is 2.75. The summed E-state index contributed by atoms with van der Waals surface area (Å²) in [5.41, 5.74) is 3.42. The number of nitrogen functional groups attached to an aromatic ring is 1. The van der Waals surface area contributed by atoms with Crippen LogP contribution in [0.1, 0.15) is 28.5 Å². The van der Waals surface area contributed by atoms with E-state index in [0.717, 1.165) is 0 Å². The summed E-state index contributed by atoms with van der Waals surface area (Å²) >= 11 is 0. The summed E-state index contributed by atoms with van der Waals surface area (Å²) in [4.78, 5) is 19.0. The van der Waals surface area contributed by atoms with Crippen molar-refractivity contribution in [1.29, 1.82) is 0 Å². The van der Waals surface area contributed by atoms with Crippen molar-refractivity contribution in [1.82, 2.24) is 14.4 Å². The number of fused-ring (bicyclic) bond motifs is 1. The number of hydrogen-bond acceptors (Lipinski definition) is 5. The number of carboxylic acid groups (broad SMARTS) is 1. The fraction of sp³-hybridized carbons (Fsp3) is 0.235. The lowest BCUT2D eigenvalue weighted by molar-refractivity contribution is -0.258. The standard InChI is InChI=1S/C17H15F3N4O3/c1-8-3-4-9(16(2,27)17(18,19)20)5-10(8)12-6-22-14-13(21)23-11(15(25)26)7-24(12)14/h3-7,27H,1-2H3,(H2,21,23)(H,25,26). The lowest BCUT2D eigenvalue weighted by atomic mass is 9.91. The van der Waals surface area contributed by atoms with Crippen molar-refractivity contribution in [2.24, 2.45) is 0 Å². The molecule has 3 aromatic rings. The molecule has 0 spiro atoms. The average molecular weight is 380 g/mol. The molecule has 2 heterocycles. The molecule has 0 bridgehead atoms. The first-order valence-corrected chi connectivity index (χ1v) is 7.71. The van der Waals surface area contributed by atoms with Gasteiger partial charge < -0.3 is 15.9 Å². The molecule has 10 heteroatoms. The monoisotopic (exact) mass is 380 g/mol. The number of carboxylic acids is 1. The van der Waals surface area contributed by atoms with E-state index in [0.29, 0.717) is 23.7 Å². The zero-order valence-electron chi connectivity index (χ0n) is 14.2. The van der Waals surface area contributed by atoms with E-state index >= 15 is 0 Å². The summed E-state index contributed by atoms with van der Waals surface area (Å²) < 4.78 is 40.9. The first-order chi connectivity index (χ1) is 12.4. The Balaban J connectivity index is 2.26. The van der Waals surface area contributed by atoms with Crippen molar-refractivity contribution in [2.75, 3.05) is 5.73 Å². The Morgan fingerprint density at radius 2 is 1.96 bits per heavy atom. The Morgan fingerprint density at radius 3 is 2.56 bits per heavy atom. The molecular weight excluding hydrogens is 365 g/mol. The number of aliphatic hydroxyl groups is 1. The Kier molecular flexibility index (Phi) is 4.11. The van der Waals surface area contributed by atoms with Crippen LogP contribution in [0.25, 0.3) is 16.9 Å². The number of imidazole rings is 1. The molecule has 0 aliphatic carbocycles. The molecule has 2 aromatic heterocycles. The number of rotatable bonds is 3. The van der Waals surface area contributed by atoms with Gasteiger partial charge in [0, 0.05) is 11.8 Å². The van der Waals surface area contributed by atoms with Gasteiger partial charge in [0.05, 0.1) is 11.9 Å². The maximum Gasteiger partial charge on any atom is 0.421 e. The number of carbonyl (C=O) groups is 1. The minimum atomic E-state index is -4.87. The first-order valence-electron chi connectivity index (χ1n) is 7.71. The van der Waals surface area contributed by atoms with Gasteiger partial charge in [0.25, 0.3) is 0 Å². The highest BCUT2D eigenvalue weighted by Crippen LogP contribution is 2.40. The van der Waals surface area contributed by atoms with E-state index in [1.807, 2.05) is 0 Å². The quantitative estimate of drug-likeness (QED) is 0.644. The zero-order valence-corrected chi connectivity index (χ0v) is 14.2. The molecule has 1 atom stereocenters. The maximum atomic E-state index is 13.2. The van der Waals surface area contributed by atoms with E-state index in [2.05, 4.69) is 9.97 Å². The SMILES string of the molecule is Cc1ccc(C(C)(O)C(F)(F)F)cc1-c1cnc2c(N)nc(C(=O)O)cn12. The third-order valence-corrected chi connectivity index (χ3v) is 4.36. The molecule has 142 valence electrons. The Hall–Kier alpha value is -3.14. The molecule has 4 N–H and O–H groups in total. The van der Waals surface area contributed by atoms with Crippen LogP contribution < -0.4 is 5.73 Å². The zero-order chi connectivity index (χ0) is 20.1. The summed E-state index contributed by atoms with van der Waals surface area (Å²) in [5.74, 6) is -1.44. The second-order valence-electron chi connectivity index (χ2n) is 6.25. The summed E-state index contributed by atoms with van der Waals surface area (Å²) in [5, 5.41) is 19.1. The smallest absolute Gasteiger partial charge is 0.421 e. The molecule has 0 aliphatic heterocycles. The summed E-state index contributed by atoms with van der Waals surface area (Å²) in [6.45, 7) is 2.34. The molecule has 0 fully saturated rings. The van der Waals surface area contributed by atoms with E-state index in [-0.39, 0.29) is 22.7 Å². The number of aryl methyl sites for hydroxylation is 1. The molecule has 0 aliphatic rings. The van der Waals surface area contributed by atoms with Gasteiger partial charge in [0.2, 0.25) is 0 Å². The van der Waals surface area contributed by atoms with Crippen molar-refractivity contribution >= 4 is 17.4 Å². The van der Waals surface area contributed by atoms with Gasteiger partial charge in [-0.05, 0) is 31.0 Å². The summed E-state index contributed by atoms with van der Waals surface area (Å²) in [6, 6.07) is 3.82. The van der Waals surface area contributed by atoms with Crippen LogP contribution in [0.3, 0.4) is 0 Å². The van der Waals surface area contributed by atoms with Gasteiger partial charge in [-0.3, -0.25) is 4.40 Å². The van der Waals surface area contributed by atoms with E-state index in [1.165, 1.54) is 35.0 Å². The fourth-order valence-corrected chi connectivity index (χ4v) is 2.68. The predicted molar refractivity (Wildman–Crippen MR) is 90.2 cm³/mol. The van der Waals surface area contributed by atoms with Gasteiger partial charge in [-0.2, -0.15) is 13.2 Å². The molecule has 7 nitrogen and oxygen atoms in total. The third kappa shape index (κ3) is 2.97. The van der Waals surface area contributed by atoms with Crippen LogP contribution in [-0.2, 0) is 5.60 Å². The highest BCUT2D eigenvalue weighted by atomic mass is 19.4. The fourth-order valence-electron chi connectivity index (χ4n) is 2.68. The molecular formula is C17H15F3N4O3. The largest absolute Gasteiger partial charge is 0.476 e. The van der Waals surface area contributed by atoms with Crippen LogP contribution in [0.4, 0.5) is 19.0 Å². The van der Waals surface area contributed by atoms with Gasteiger partial charge in [0.1, 0.15) is 0 Å². The van der Waals surface area contributed by atoms with E-state index < -0.39 is 17.7 Å². The second kappa shape index (κ2) is 5.95. The third-order valence-electron chi connectivity index (χ3n) is 4.36. The second-order valence-corrected chi connectivity index (χ2v) is 6.25. The number of benzene rings is 1. The lowest BCUT2D eigenvalue weighted by Crippen LogP contribution is -2.39. The lowest BCUT2D eigenvalue weighted by Gasteiger charge is -2.27. The van der Waals surface area contributed by atoms with Crippen molar-refractivity contribution in [3.05, 3.63) is 47.4 Å². The van der Waals surface area contributed by atoms with Crippen LogP contribution in [0.2, 0.25) is 0 Å². The summed E-state index contributed by atoms with van der Waals surface area (Å²) in [6.07, 6.45) is -2.33. The van der Waals surface area contributed by atoms with Crippen molar-refractivity contribution in [3.63, 3.8) is 0 Å². The van der Waals surface area contributed by atoms with Gasteiger partial charge in [0.15, 0.2) is 22.8 Å². The molecule has 1 aromatic carbocycles. The van der Waals surface area contributed by atoms with Crippen molar-refractivity contribution in [3.8, 4) is 11.3 Å². The summed E-state index contributed by atoms with van der Waals surface area (Å²) in [7, 11) is 0. The Bertz CT molecular complexity index is 1060. The number of aromatic nitrogens is 3. The van der Waals surface area contributed by atoms with Crippen LogP contribution in [0.5, 0.6) is 0 Å². The minimum absolute atomic E-state index is 0.128. The van der Waals surface area contributed by atoms with E-state index in [9.17, 15) is 23.1 Å². The maximum absolute atomic E-state index is 13.2. The highest BCUT2D eigenvalue weighted by molar-refractivity contribution is 5.87. The molecule has 0 amide bonds. The molecule has 0 radical (unpaired) electrons. The van der Waals surface area contributed by atoms with Gasteiger partial charge in [-0.25, -0.2) is 14.8 Å². The topological polar surface area (TPSA) is 114 Å². The van der Waals surface area contributed by atoms with Crippen LogP contribution in [0, 0.1) is 6.92 Å². The number of halogens is 3. The number of anilines is 1. The number of nitrogens with zero attached hydrogens (tertiary/aromatic N) is 3. The van der Waals surface area contributed by atoms with Crippen molar-refractivity contribution in [2.45, 2.75) is 25.6 Å². The average Bonchev–Trinajstić information content (AvgIpc) is 2.98. The van der Waals surface area contributed by atoms with Crippen LogP contribution >= 0.6 is 0 Å².